The fourth-order valence-corrected chi connectivity index (χ4v) is 0.900. The molecule has 3 nitrogen and oxygen atoms in total. The van der Waals surface area contributed by atoms with Crippen molar-refractivity contribution < 1.29 is 13.2 Å². The molecule has 1 N–H and O–H groups in total. The molecule has 7 heteroatoms. The zero-order chi connectivity index (χ0) is 11.5. The van der Waals surface area contributed by atoms with Crippen molar-refractivity contribution in [2.75, 3.05) is 11.9 Å². The van der Waals surface area contributed by atoms with Crippen LogP contribution in [0.25, 0.3) is 0 Å². The molecule has 1 heterocycles. The number of alkyl halides is 4. The topological polar surface area (TPSA) is 37.8 Å². The zero-order valence-corrected chi connectivity index (χ0v) is 8.60. The summed E-state index contributed by atoms with van der Waals surface area (Å²) in [6.45, 7) is 2.17. The standard InChI is InChI=1S/C8H9ClF3N3/c1-5(9)4-13-7-3-2-6(14-15-7)8(10,11)12/h2-3,5H,4H2,1H3,(H,13,15). The first kappa shape index (κ1) is 12.0. The van der Waals surface area contributed by atoms with Crippen LogP contribution in [0, 0.1) is 0 Å². The summed E-state index contributed by atoms with van der Waals surface area (Å²) < 4.78 is 36.3. The van der Waals surface area contributed by atoms with Gasteiger partial charge in [-0.05, 0) is 19.1 Å². The first-order chi connectivity index (χ1) is 6.89. The smallest absolute Gasteiger partial charge is 0.367 e. The van der Waals surface area contributed by atoms with E-state index in [9.17, 15) is 13.2 Å². The van der Waals surface area contributed by atoms with Crippen molar-refractivity contribution in [1.82, 2.24) is 10.2 Å². The highest BCUT2D eigenvalue weighted by Gasteiger charge is 2.32. The van der Waals surface area contributed by atoms with Crippen molar-refractivity contribution in [3.05, 3.63) is 17.8 Å². The Kier molecular flexibility index (Phi) is 3.73. The van der Waals surface area contributed by atoms with E-state index >= 15 is 0 Å². The number of nitrogens with one attached hydrogen (secondary N) is 1. The van der Waals surface area contributed by atoms with E-state index in [1.54, 1.807) is 6.92 Å². The summed E-state index contributed by atoms with van der Waals surface area (Å²) in [6.07, 6.45) is -4.45. The Morgan fingerprint density at radius 3 is 2.47 bits per heavy atom. The lowest BCUT2D eigenvalue weighted by atomic mass is 10.3. The van der Waals surface area contributed by atoms with Gasteiger partial charge in [-0.25, -0.2) is 0 Å². The SMILES string of the molecule is CC(Cl)CNc1ccc(C(F)(F)F)nn1. The molecule has 0 radical (unpaired) electrons. The molecule has 0 fully saturated rings. The number of anilines is 1. The summed E-state index contributed by atoms with van der Waals surface area (Å²) in [5, 5.41) is 9.04. The normalized spacial score (nSPS) is 13.7. The molecular weight excluding hydrogens is 231 g/mol. The van der Waals surface area contributed by atoms with E-state index in [1.807, 2.05) is 0 Å². The Morgan fingerprint density at radius 2 is 2.07 bits per heavy atom. The van der Waals surface area contributed by atoms with E-state index in [4.69, 9.17) is 11.6 Å². The highest BCUT2D eigenvalue weighted by molar-refractivity contribution is 6.20. The van der Waals surface area contributed by atoms with Gasteiger partial charge in [0.2, 0.25) is 0 Å². The van der Waals surface area contributed by atoms with Crippen molar-refractivity contribution in [3.63, 3.8) is 0 Å². The first-order valence-electron chi connectivity index (χ1n) is 4.18. The van der Waals surface area contributed by atoms with Crippen molar-refractivity contribution in [1.29, 1.82) is 0 Å². The van der Waals surface area contributed by atoms with E-state index < -0.39 is 11.9 Å². The van der Waals surface area contributed by atoms with Crippen LogP contribution in [-0.2, 0) is 6.18 Å². The highest BCUT2D eigenvalue weighted by atomic mass is 35.5. The van der Waals surface area contributed by atoms with Gasteiger partial charge >= 0.3 is 6.18 Å². The van der Waals surface area contributed by atoms with Crippen molar-refractivity contribution in [2.45, 2.75) is 18.5 Å². The quantitative estimate of drug-likeness (QED) is 0.824. The minimum atomic E-state index is -4.45. The van der Waals surface area contributed by atoms with Gasteiger partial charge in [0.15, 0.2) is 5.69 Å². The Balaban J connectivity index is 2.65. The van der Waals surface area contributed by atoms with Gasteiger partial charge in [0, 0.05) is 11.9 Å². The van der Waals surface area contributed by atoms with E-state index in [2.05, 4.69) is 15.5 Å². The molecule has 0 aliphatic rings. The molecule has 0 bridgehead atoms. The molecule has 1 aromatic rings. The molecule has 0 saturated carbocycles. The van der Waals surface area contributed by atoms with Gasteiger partial charge in [-0.15, -0.1) is 21.8 Å². The van der Waals surface area contributed by atoms with Crippen molar-refractivity contribution in [2.24, 2.45) is 0 Å². The summed E-state index contributed by atoms with van der Waals surface area (Å²) >= 11 is 5.64. The fourth-order valence-electron chi connectivity index (χ4n) is 0.823. The van der Waals surface area contributed by atoms with Gasteiger partial charge in [0.25, 0.3) is 0 Å². The van der Waals surface area contributed by atoms with E-state index in [0.717, 1.165) is 6.07 Å². The van der Waals surface area contributed by atoms with Gasteiger partial charge < -0.3 is 5.32 Å². The lowest BCUT2D eigenvalue weighted by molar-refractivity contribution is -0.141. The van der Waals surface area contributed by atoms with Gasteiger partial charge in [-0.3, -0.25) is 0 Å². The second kappa shape index (κ2) is 4.65. The number of rotatable bonds is 3. The fraction of sp³-hybridized carbons (Fsp3) is 0.500. The molecule has 0 amide bonds. The third-order valence-electron chi connectivity index (χ3n) is 1.52. The largest absolute Gasteiger partial charge is 0.435 e. The summed E-state index contributed by atoms with van der Waals surface area (Å²) in [7, 11) is 0. The zero-order valence-electron chi connectivity index (χ0n) is 7.85. The van der Waals surface area contributed by atoms with Gasteiger partial charge in [0.05, 0.1) is 0 Å². The lowest BCUT2D eigenvalue weighted by Gasteiger charge is -2.07. The lowest BCUT2D eigenvalue weighted by Crippen LogP contribution is -2.14. The third-order valence-corrected chi connectivity index (χ3v) is 1.67. The molecule has 1 atom stereocenters. The number of hydrogen-bond donors (Lipinski definition) is 1. The van der Waals surface area contributed by atoms with E-state index in [0.29, 0.717) is 6.54 Å². The molecule has 15 heavy (non-hydrogen) atoms. The minimum Gasteiger partial charge on any atom is -0.367 e. The second-order valence-corrected chi connectivity index (χ2v) is 3.71. The molecule has 0 aromatic carbocycles. The average Bonchev–Trinajstić information content (AvgIpc) is 2.14. The molecule has 1 unspecified atom stereocenters. The highest BCUT2D eigenvalue weighted by Crippen LogP contribution is 2.26. The molecule has 84 valence electrons. The summed E-state index contributed by atoms with van der Waals surface area (Å²) in [5.74, 6) is 0.274. The van der Waals surface area contributed by atoms with Gasteiger partial charge in [0.1, 0.15) is 5.82 Å². The van der Waals surface area contributed by atoms with Crippen molar-refractivity contribution >= 4 is 17.4 Å². The number of nitrogens with zero attached hydrogens (tertiary/aromatic N) is 2. The Bertz CT molecular complexity index is 310. The van der Waals surface area contributed by atoms with Crippen LogP contribution in [0.4, 0.5) is 19.0 Å². The Labute approximate surface area is 89.6 Å². The number of aromatic nitrogens is 2. The van der Waals surface area contributed by atoms with Gasteiger partial charge in [-0.1, -0.05) is 0 Å². The predicted octanol–water partition coefficient (Wildman–Crippen LogP) is 2.53. The molecule has 1 rings (SSSR count). The third kappa shape index (κ3) is 3.91. The van der Waals surface area contributed by atoms with Crippen molar-refractivity contribution in [3.8, 4) is 0 Å². The summed E-state index contributed by atoms with van der Waals surface area (Å²) in [5.41, 5.74) is -1.01. The second-order valence-electron chi connectivity index (χ2n) is 2.96. The van der Waals surface area contributed by atoms with Crippen LogP contribution in [0.5, 0.6) is 0 Å². The maximum atomic E-state index is 12.1. The molecule has 0 aliphatic heterocycles. The molecule has 1 aromatic heterocycles. The maximum absolute atomic E-state index is 12.1. The van der Waals surface area contributed by atoms with Crippen LogP contribution in [0.3, 0.4) is 0 Å². The van der Waals surface area contributed by atoms with Crippen LogP contribution < -0.4 is 5.32 Å². The first-order valence-corrected chi connectivity index (χ1v) is 4.62. The van der Waals surface area contributed by atoms with Gasteiger partial charge in [-0.2, -0.15) is 13.2 Å². The van der Waals surface area contributed by atoms with Crippen LogP contribution in [-0.4, -0.2) is 22.1 Å². The molecule has 0 spiro atoms. The Morgan fingerprint density at radius 1 is 1.40 bits per heavy atom. The van der Waals surface area contributed by atoms with Crippen LogP contribution in [0.15, 0.2) is 12.1 Å². The summed E-state index contributed by atoms with van der Waals surface area (Å²) in [6, 6.07) is 2.09. The Hall–Kier alpha value is -1.04. The van der Waals surface area contributed by atoms with Crippen LogP contribution >= 0.6 is 11.6 Å². The number of hydrogen-bond acceptors (Lipinski definition) is 3. The van der Waals surface area contributed by atoms with E-state index in [1.165, 1.54) is 6.07 Å². The average molecular weight is 240 g/mol. The molecule has 0 saturated heterocycles. The minimum absolute atomic E-state index is 0.130. The number of halogens is 4. The van der Waals surface area contributed by atoms with Crippen LogP contribution in [0.2, 0.25) is 0 Å². The van der Waals surface area contributed by atoms with E-state index in [-0.39, 0.29) is 11.2 Å². The van der Waals surface area contributed by atoms with Crippen LogP contribution in [0.1, 0.15) is 12.6 Å². The molecule has 0 aliphatic carbocycles. The maximum Gasteiger partial charge on any atom is 0.435 e. The predicted molar refractivity (Wildman–Crippen MR) is 50.8 cm³/mol. The summed E-state index contributed by atoms with van der Waals surface area (Å²) in [4.78, 5) is 0. The molecular formula is C8H9ClF3N3. The monoisotopic (exact) mass is 239 g/mol.